The van der Waals surface area contributed by atoms with Crippen molar-refractivity contribution in [3.05, 3.63) is 34.4 Å². The van der Waals surface area contributed by atoms with Crippen LogP contribution >= 0.6 is 11.8 Å². The Labute approximate surface area is 171 Å². The zero-order valence-corrected chi connectivity index (χ0v) is 18.1. The third kappa shape index (κ3) is 2.96. The first-order valence-corrected chi connectivity index (χ1v) is 11.8. The Morgan fingerprint density at radius 2 is 1.96 bits per heavy atom. The molecule has 0 saturated carbocycles. The number of aryl methyl sites for hydroxylation is 2. The molecule has 1 saturated heterocycles. The number of fused-ring (bicyclic) bond motifs is 2. The molecule has 0 unspecified atom stereocenters. The van der Waals surface area contributed by atoms with Gasteiger partial charge in [0.05, 0.1) is 0 Å². The monoisotopic (exact) mass is 461 g/mol. The van der Waals surface area contributed by atoms with E-state index < -0.39 is 0 Å². The van der Waals surface area contributed by atoms with E-state index in [-0.39, 0.29) is 26.7 Å². The summed E-state index contributed by atoms with van der Waals surface area (Å²) < 4.78 is 12.4. The molecule has 4 heterocycles. The number of hydrogen-bond acceptors (Lipinski definition) is 7. The van der Waals surface area contributed by atoms with Gasteiger partial charge in [-0.25, -0.2) is 0 Å². The quantitative estimate of drug-likeness (QED) is 0.469. The molecule has 1 fully saturated rings. The molecule has 0 aliphatic carbocycles. The predicted octanol–water partition coefficient (Wildman–Crippen LogP) is 2.25. The van der Waals surface area contributed by atoms with Gasteiger partial charge in [-0.3, -0.25) is 0 Å². The third-order valence-electron chi connectivity index (χ3n) is 5.23. The van der Waals surface area contributed by atoms with Gasteiger partial charge in [-0.2, -0.15) is 11.8 Å². The van der Waals surface area contributed by atoms with Gasteiger partial charge >= 0.3 is 160 Å². The molecular weight excluding hydrogens is 441 g/mol. The summed E-state index contributed by atoms with van der Waals surface area (Å²) in [5, 5.41) is 3.31. The second-order valence-corrected chi connectivity index (χ2v) is 9.34. The number of nitrogens with one attached hydrogen (secondary N) is 1. The van der Waals surface area contributed by atoms with E-state index in [1.807, 2.05) is 35.4 Å². The first kappa shape index (κ1) is 17.9. The van der Waals surface area contributed by atoms with Gasteiger partial charge in [0.25, 0.3) is 0 Å². The van der Waals surface area contributed by atoms with Gasteiger partial charge in [0.1, 0.15) is 0 Å². The fourth-order valence-corrected chi connectivity index (χ4v) is 5.81. The van der Waals surface area contributed by atoms with Crippen molar-refractivity contribution in [2.24, 2.45) is 7.05 Å². The molecule has 8 nitrogen and oxygen atoms in total. The molecule has 0 atom stereocenters. The topological polar surface area (TPSA) is 90.5 Å². The zero-order valence-electron chi connectivity index (χ0n) is 15.5. The van der Waals surface area contributed by atoms with Gasteiger partial charge in [-0.15, -0.1) is 0 Å². The van der Waals surface area contributed by atoms with Gasteiger partial charge in [0, 0.05) is 0 Å². The van der Waals surface area contributed by atoms with Gasteiger partial charge in [-0.05, 0) is 0 Å². The number of anilines is 2. The second kappa shape index (κ2) is 7.02. The van der Waals surface area contributed by atoms with Crippen molar-refractivity contribution in [1.29, 1.82) is 0 Å². The Kier molecular flexibility index (Phi) is 4.49. The number of imidazole rings is 1. The fraction of sp³-hybridized carbons (Fsp3) is 0.389. The fourth-order valence-electron chi connectivity index (χ4n) is 3.66. The van der Waals surface area contributed by atoms with Crippen molar-refractivity contribution in [3.63, 3.8) is 0 Å². The second-order valence-electron chi connectivity index (χ2n) is 7.00. The van der Waals surface area contributed by atoms with Crippen LogP contribution in [0.25, 0.3) is 22.2 Å². The van der Waals surface area contributed by atoms with E-state index in [1.165, 1.54) is 0 Å². The predicted molar refractivity (Wildman–Crippen MR) is 113 cm³/mol. The van der Waals surface area contributed by atoms with E-state index in [9.17, 15) is 4.79 Å². The van der Waals surface area contributed by atoms with Crippen LogP contribution in [0.1, 0.15) is 24.4 Å². The summed E-state index contributed by atoms with van der Waals surface area (Å²) in [6.45, 7) is 2.03. The number of hydrogen-bond donors (Lipinski definition) is 1. The van der Waals surface area contributed by atoms with Crippen LogP contribution in [0, 0.1) is 6.92 Å². The van der Waals surface area contributed by atoms with Crippen LogP contribution in [-0.2, 0) is 7.05 Å². The van der Waals surface area contributed by atoms with Crippen molar-refractivity contribution in [2.75, 3.05) is 16.8 Å². The molecule has 4 aromatic rings. The summed E-state index contributed by atoms with van der Waals surface area (Å²) in [5.41, 5.74) is 5.27. The molecule has 1 aromatic carbocycles. The molecule has 1 aliphatic rings. The first-order valence-electron chi connectivity index (χ1n) is 9.13. The minimum absolute atomic E-state index is 0.0188. The zero-order chi connectivity index (χ0) is 19.3. The van der Waals surface area contributed by atoms with Crippen molar-refractivity contribution in [1.82, 2.24) is 27.1 Å². The summed E-state index contributed by atoms with van der Waals surface area (Å²) in [4.78, 5) is 22.0. The Hall–Kier alpha value is -2.16. The van der Waals surface area contributed by atoms with Crippen molar-refractivity contribution < 1.29 is 0 Å². The minimum atomic E-state index is -0.0544. The molecule has 10 heteroatoms. The molecule has 5 rings (SSSR count). The van der Waals surface area contributed by atoms with Crippen LogP contribution in [-0.4, -0.2) is 53.5 Å². The Bertz CT molecular complexity index is 1240. The van der Waals surface area contributed by atoms with Crippen LogP contribution < -0.4 is 11.0 Å². The summed E-state index contributed by atoms with van der Waals surface area (Å²) >= 11 is 1.89. The van der Waals surface area contributed by atoms with Crippen LogP contribution in [0.15, 0.2) is 23.1 Å². The molecule has 0 amide bonds. The Balaban J connectivity index is 1.58. The van der Waals surface area contributed by atoms with E-state index in [0.717, 1.165) is 52.1 Å². The molecule has 0 radical (unpaired) electrons. The van der Waals surface area contributed by atoms with E-state index in [4.69, 9.17) is 4.98 Å². The molecule has 0 spiro atoms. The first-order chi connectivity index (χ1) is 13.6. The summed E-state index contributed by atoms with van der Waals surface area (Å²) in [6, 6.07) is 4.23. The summed E-state index contributed by atoms with van der Waals surface area (Å²) in [6.07, 6.45) is 3.71. The number of rotatable bonds is 3. The summed E-state index contributed by atoms with van der Waals surface area (Å²) in [7, 11) is 1.78. The van der Waals surface area contributed by atoms with Crippen LogP contribution in [0.4, 0.5) is 11.6 Å². The van der Waals surface area contributed by atoms with E-state index in [1.54, 1.807) is 17.8 Å². The molecule has 1 N–H and O–H groups in total. The Morgan fingerprint density at radius 3 is 2.75 bits per heavy atom. The molecule has 144 valence electrons. The van der Waals surface area contributed by atoms with E-state index >= 15 is 0 Å². The van der Waals surface area contributed by atoms with Crippen molar-refractivity contribution in [2.45, 2.75) is 25.8 Å². The van der Waals surface area contributed by atoms with Gasteiger partial charge < -0.3 is 0 Å². The number of thioether (sulfide) groups is 1. The maximum atomic E-state index is 12.8. The molecule has 1 aliphatic heterocycles. The van der Waals surface area contributed by atoms with E-state index in [2.05, 4.69) is 18.3 Å². The molecular formula is C18H19N7OSSe. The molecule has 0 bridgehead atoms. The molecule has 28 heavy (non-hydrogen) atoms. The SMILES string of the molecule is Cc1cc2n[se]nc2cc1Nc1ncc2c(n1)n(C1CCSCC1)c(=O)n2C. The van der Waals surface area contributed by atoms with Crippen molar-refractivity contribution in [3.8, 4) is 0 Å². The van der Waals surface area contributed by atoms with Crippen LogP contribution in [0.5, 0.6) is 0 Å². The maximum absolute atomic E-state index is 12.8. The summed E-state index contributed by atoms with van der Waals surface area (Å²) in [5.74, 6) is 2.64. The van der Waals surface area contributed by atoms with Crippen LogP contribution in [0.2, 0.25) is 0 Å². The Morgan fingerprint density at radius 1 is 1.21 bits per heavy atom. The molecule has 3 aromatic heterocycles. The van der Waals surface area contributed by atoms with Crippen molar-refractivity contribution >= 4 is 60.6 Å². The number of nitrogens with zero attached hydrogens (tertiary/aromatic N) is 6. The standard InChI is InChI=1S/C18H19N7OSSe/c1-10-7-13-14(23-28-22-13)8-12(10)20-17-19-9-15-16(21-17)25(18(26)24(15)2)11-3-5-27-6-4-11/h7-9,11H,3-6H2,1-2H3,(H,19,20,21). The number of aromatic nitrogens is 6. The van der Waals surface area contributed by atoms with Gasteiger partial charge in [0.15, 0.2) is 0 Å². The third-order valence-corrected chi connectivity index (χ3v) is 7.45. The van der Waals surface area contributed by atoms with Gasteiger partial charge in [-0.1, -0.05) is 0 Å². The normalized spacial score (nSPS) is 15.5. The van der Waals surface area contributed by atoms with Gasteiger partial charge in [0.2, 0.25) is 0 Å². The van der Waals surface area contributed by atoms with Crippen LogP contribution in [0.3, 0.4) is 0 Å². The average molecular weight is 460 g/mol. The number of benzene rings is 1. The van der Waals surface area contributed by atoms with E-state index in [0.29, 0.717) is 11.6 Å². The average Bonchev–Trinajstić information content (AvgIpc) is 3.25.